The van der Waals surface area contributed by atoms with E-state index in [2.05, 4.69) is 4.74 Å². The predicted octanol–water partition coefficient (Wildman–Crippen LogP) is 0.956. The number of carbonyl (C=O) groups excluding carboxylic acids is 2. The van der Waals surface area contributed by atoms with Gasteiger partial charge in [0.05, 0.1) is 13.7 Å². The van der Waals surface area contributed by atoms with Crippen molar-refractivity contribution in [2.24, 2.45) is 0 Å². The van der Waals surface area contributed by atoms with Crippen LogP contribution in [0.15, 0.2) is 28.0 Å². The smallest absolute Gasteiger partial charge is 0.380 e. The SMILES string of the molecule is CCOC(=O)C(=O)C1=Cc2cccc(OC)c2S1(=O)=O. The quantitative estimate of drug-likeness (QED) is 0.607. The monoisotopic (exact) mass is 296 g/mol. The lowest BCUT2D eigenvalue weighted by molar-refractivity contribution is -0.151. The van der Waals surface area contributed by atoms with Crippen molar-refractivity contribution < 1.29 is 27.5 Å². The molecule has 20 heavy (non-hydrogen) atoms. The maximum atomic E-state index is 12.3. The molecule has 0 radical (unpaired) electrons. The number of benzene rings is 1. The van der Waals surface area contributed by atoms with Gasteiger partial charge in [-0.15, -0.1) is 0 Å². The highest BCUT2D eigenvalue weighted by Gasteiger charge is 2.39. The van der Waals surface area contributed by atoms with E-state index < -0.39 is 26.5 Å². The molecule has 7 heteroatoms. The van der Waals surface area contributed by atoms with Crippen molar-refractivity contribution in [3.63, 3.8) is 0 Å². The third kappa shape index (κ3) is 2.09. The molecule has 1 aliphatic rings. The van der Waals surface area contributed by atoms with Crippen molar-refractivity contribution in [3.05, 3.63) is 28.7 Å². The molecular formula is C13H12O6S. The number of methoxy groups -OCH3 is 1. The van der Waals surface area contributed by atoms with E-state index in [1.54, 1.807) is 6.07 Å². The molecule has 0 bridgehead atoms. The number of Topliss-reactive ketones (excluding diaryl/α,β-unsaturated/α-hetero) is 1. The van der Waals surface area contributed by atoms with Gasteiger partial charge in [-0.05, 0) is 24.6 Å². The van der Waals surface area contributed by atoms with E-state index in [0.29, 0.717) is 5.56 Å². The second-order valence-corrected chi connectivity index (χ2v) is 5.80. The van der Waals surface area contributed by atoms with Crippen LogP contribution in [0.1, 0.15) is 12.5 Å². The number of ether oxygens (including phenoxy) is 2. The van der Waals surface area contributed by atoms with E-state index in [0.717, 1.165) is 6.08 Å². The van der Waals surface area contributed by atoms with Crippen LogP contribution >= 0.6 is 0 Å². The topological polar surface area (TPSA) is 86.7 Å². The van der Waals surface area contributed by atoms with Crippen LogP contribution in [0.25, 0.3) is 6.08 Å². The summed E-state index contributed by atoms with van der Waals surface area (Å²) in [5.41, 5.74) is 0.317. The fraction of sp³-hybridized carbons (Fsp3) is 0.231. The number of hydrogen-bond acceptors (Lipinski definition) is 6. The van der Waals surface area contributed by atoms with Gasteiger partial charge in [-0.2, -0.15) is 0 Å². The first-order valence-electron chi connectivity index (χ1n) is 5.78. The van der Waals surface area contributed by atoms with Gasteiger partial charge in [0, 0.05) is 0 Å². The standard InChI is InChI=1S/C13H12O6S/c1-3-19-13(15)11(14)10-7-8-5-4-6-9(18-2)12(8)20(10,16)17/h4-7H,3H2,1-2H3. The Kier molecular flexibility index (Phi) is 3.63. The van der Waals surface area contributed by atoms with Crippen molar-refractivity contribution in [1.29, 1.82) is 0 Å². The Morgan fingerprint density at radius 1 is 1.25 bits per heavy atom. The molecule has 0 aliphatic carbocycles. The van der Waals surface area contributed by atoms with E-state index in [4.69, 9.17) is 4.74 Å². The van der Waals surface area contributed by atoms with E-state index in [1.807, 2.05) is 0 Å². The molecule has 0 spiro atoms. The first-order chi connectivity index (χ1) is 9.43. The summed E-state index contributed by atoms with van der Waals surface area (Å²) in [6.45, 7) is 1.52. The van der Waals surface area contributed by atoms with Gasteiger partial charge in [0.25, 0.3) is 5.78 Å². The molecule has 6 nitrogen and oxygen atoms in total. The van der Waals surface area contributed by atoms with Gasteiger partial charge >= 0.3 is 5.97 Å². The lowest BCUT2D eigenvalue weighted by Crippen LogP contribution is -2.22. The van der Waals surface area contributed by atoms with Crippen molar-refractivity contribution in [1.82, 2.24) is 0 Å². The molecule has 106 valence electrons. The van der Waals surface area contributed by atoms with Gasteiger partial charge in [0.1, 0.15) is 15.6 Å². The Bertz CT molecular complexity index is 714. The summed E-state index contributed by atoms with van der Waals surface area (Å²) >= 11 is 0. The van der Waals surface area contributed by atoms with Crippen LogP contribution in [0.5, 0.6) is 5.75 Å². The van der Waals surface area contributed by atoms with Crippen molar-refractivity contribution >= 4 is 27.7 Å². The summed E-state index contributed by atoms with van der Waals surface area (Å²) in [5, 5.41) is 0. The average Bonchev–Trinajstić information content (AvgIpc) is 2.70. The summed E-state index contributed by atoms with van der Waals surface area (Å²) in [6.07, 6.45) is 1.16. The van der Waals surface area contributed by atoms with E-state index >= 15 is 0 Å². The molecule has 1 aliphatic heterocycles. The zero-order valence-electron chi connectivity index (χ0n) is 10.9. The second-order valence-electron chi connectivity index (χ2n) is 3.94. The highest BCUT2D eigenvalue weighted by molar-refractivity contribution is 7.97. The number of sulfone groups is 1. The van der Waals surface area contributed by atoms with Crippen molar-refractivity contribution in [2.75, 3.05) is 13.7 Å². The van der Waals surface area contributed by atoms with Gasteiger partial charge in [-0.3, -0.25) is 4.79 Å². The molecule has 1 aromatic rings. The number of ketones is 1. The van der Waals surface area contributed by atoms with Gasteiger partial charge in [0.15, 0.2) is 0 Å². The van der Waals surface area contributed by atoms with Crippen LogP contribution in [0, 0.1) is 0 Å². The first kappa shape index (κ1) is 14.3. The minimum Gasteiger partial charge on any atom is -0.495 e. The zero-order valence-corrected chi connectivity index (χ0v) is 11.7. The largest absolute Gasteiger partial charge is 0.495 e. The summed E-state index contributed by atoms with van der Waals surface area (Å²) < 4.78 is 34.2. The van der Waals surface area contributed by atoms with E-state index in [-0.39, 0.29) is 17.3 Å². The molecule has 0 aromatic heterocycles. The third-order valence-electron chi connectivity index (χ3n) is 2.76. The number of esters is 1. The number of fused-ring (bicyclic) bond motifs is 1. The van der Waals surface area contributed by atoms with Gasteiger partial charge in [-0.25, -0.2) is 13.2 Å². The third-order valence-corrected chi connectivity index (χ3v) is 4.62. The Balaban J connectivity index is 2.52. The second kappa shape index (κ2) is 5.09. The molecule has 0 N–H and O–H groups in total. The Morgan fingerprint density at radius 2 is 1.95 bits per heavy atom. The van der Waals surface area contributed by atoms with E-state index in [9.17, 15) is 18.0 Å². The van der Waals surface area contributed by atoms with Crippen LogP contribution in [-0.2, 0) is 24.2 Å². The summed E-state index contributed by atoms with van der Waals surface area (Å²) in [6, 6.07) is 4.60. The molecule has 1 heterocycles. The Labute approximate surface area is 115 Å². The summed E-state index contributed by atoms with van der Waals surface area (Å²) in [4.78, 5) is 22.6. The highest BCUT2D eigenvalue weighted by atomic mass is 32.2. The average molecular weight is 296 g/mol. The molecule has 0 amide bonds. The van der Waals surface area contributed by atoms with Crippen LogP contribution in [0.4, 0.5) is 0 Å². The molecule has 0 unspecified atom stereocenters. The van der Waals surface area contributed by atoms with Gasteiger partial charge in [-0.1, -0.05) is 12.1 Å². The number of hydrogen-bond donors (Lipinski definition) is 0. The first-order valence-corrected chi connectivity index (χ1v) is 7.27. The predicted molar refractivity (Wildman–Crippen MR) is 69.8 cm³/mol. The molecule has 0 saturated carbocycles. The fourth-order valence-electron chi connectivity index (χ4n) is 1.91. The minimum atomic E-state index is -4.07. The Morgan fingerprint density at radius 3 is 2.55 bits per heavy atom. The van der Waals surface area contributed by atoms with E-state index in [1.165, 1.54) is 26.2 Å². The fourth-order valence-corrected chi connectivity index (χ4v) is 3.59. The van der Waals surface area contributed by atoms with Gasteiger partial charge in [0.2, 0.25) is 9.84 Å². The summed E-state index contributed by atoms with van der Waals surface area (Å²) in [5.74, 6) is -2.23. The molecule has 0 fully saturated rings. The normalized spacial score (nSPS) is 15.2. The molecular weight excluding hydrogens is 284 g/mol. The minimum absolute atomic E-state index is 0.00578. The maximum Gasteiger partial charge on any atom is 0.380 e. The van der Waals surface area contributed by atoms with Crippen LogP contribution in [0.2, 0.25) is 0 Å². The molecule has 0 atom stereocenters. The maximum absolute atomic E-state index is 12.3. The molecule has 0 saturated heterocycles. The molecule has 2 rings (SSSR count). The van der Waals surface area contributed by atoms with Crippen molar-refractivity contribution in [2.45, 2.75) is 11.8 Å². The van der Waals surface area contributed by atoms with Crippen LogP contribution in [-0.4, -0.2) is 33.9 Å². The zero-order chi connectivity index (χ0) is 14.9. The molecule has 1 aromatic carbocycles. The van der Waals surface area contributed by atoms with Crippen molar-refractivity contribution in [3.8, 4) is 5.75 Å². The lowest BCUT2D eigenvalue weighted by atomic mass is 10.2. The number of carbonyl (C=O) groups is 2. The highest BCUT2D eigenvalue weighted by Crippen LogP contribution is 2.39. The number of rotatable bonds is 4. The van der Waals surface area contributed by atoms with Crippen LogP contribution < -0.4 is 4.74 Å². The summed E-state index contributed by atoms with van der Waals surface area (Å²) in [7, 11) is -2.74. The lowest BCUT2D eigenvalue weighted by Gasteiger charge is -2.07. The Hall–Kier alpha value is -2.15. The van der Waals surface area contributed by atoms with Crippen LogP contribution in [0.3, 0.4) is 0 Å². The van der Waals surface area contributed by atoms with Gasteiger partial charge < -0.3 is 9.47 Å².